The van der Waals surface area contributed by atoms with E-state index in [-0.39, 0.29) is 50.3 Å². The number of nitrogens with one attached hydrogen (secondary N) is 2. The molecule has 3 heterocycles. The summed E-state index contributed by atoms with van der Waals surface area (Å²) in [4.78, 5) is 76.0. The maximum absolute atomic E-state index is 13.6. The van der Waals surface area contributed by atoms with E-state index in [9.17, 15) is 28.8 Å². The van der Waals surface area contributed by atoms with Gasteiger partial charge in [-0.15, -0.1) is 12.6 Å². The van der Waals surface area contributed by atoms with Gasteiger partial charge < -0.3 is 10.4 Å². The van der Waals surface area contributed by atoms with Crippen molar-refractivity contribution in [2.24, 2.45) is 0 Å². The summed E-state index contributed by atoms with van der Waals surface area (Å²) < 4.78 is -0.546. The number of ketones is 1. The summed E-state index contributed by atoms with van der Waals surface area (Å²) >= 11 is 5.68. The fourth-order valence-electron chi connectivity index (χ4n) is 4.58. The molecule has 2 saturated heterocycles. The second kappa shape index (κ2) is 12.6. The molecule has 1 aromatic rings. The van der Waals surface area contributed by atoms with Crippen molar-refractivity contribution >= 4 is 59.8 Å². The summed E-state index contributed by atoms with van der Waals surface area (Å²) in [6.45, 7) is 0.283. The third-order valence-corrected chi connectivity index (χ3v) is 8.07. The SMILES string of the molecule is O=C(O)CCC(=O)CC1=CN(NC(=O)[C@@H]2CCCN3C(=O)CC[C@H](NC(=O)c4ccccc4)C(=O)N23)C(S)S1. The first-order valence-electron chi connectivity index (χ1n) is 12.5. The molecular weight excluding hydrogens is 546 g/mol. The van der Waals surface area contributed by atoms with Crippen LogP contribution in [0.3, 0.4) is 0 Å². The van der Waals surface area contributed by atoms with E-state index in [2.05, 4.69) is 23.4 Å². The first-order chi connectivity index (χ1) is 18.6. The largest absolute Gasteiger partial charge is 0.481 e. The van der Waals surface area contributed by atoms with Crippen LogP contribution in [-0.2, 0) is 24.0 Å². The van der Waals surface area contributed by atoms with Gasteiger partial charge in [-0.05, 0) is 31.4 Å². The molecule has 3 aliphatic heterocycles. The highest BCUT2D eigenvalue weighted by atomic mass is 32.2. The number of nitrogens with zero attached hydrogens (tertiary/aromatic N) is 3. The van der Waals surface area contributed by atoms with Gasteiger partial charge in [0, 0.05) is 42.5 Å². The topological polar surface area (TPSA) is 156 Å². The fraction of sp³-hybridized carbons (Fsp3) is 0.440. The van der Waals surface area contributed by atoms with E-state index in [0.717, 1.165) is 0 Å². The number of carboxylic acid groups (broad SMARTS) is 1. The second-order valence-electron chi connectivity index (χ2n) is 9.32. The van der Waals surface area contributed by atoms with Gasteiger partial charge in [0.05, 0.1) is 6.42 Å². The molecule has 1 unspecified atom stereocenters. The Morgan fingerprint density at radius 3 is 2.54 bits per heavy atom. The number of Topliss-reactive ketones (excluding diaryl/α,β-unsaturated/α-hetero) is 1. The lowest BCUT2D eigenvalue weighted by Crippen LogP contribution is -2.64. The molecule has 3 N–H and O–H groups in total. The zero-order valence-electron chi connectivity index (χ0n) is 20.9. The van der Waals surface area contributed by atoms with Crippen LogP contribution in [0.5, 0.6) is 0 Å². The van der Waals surface area contributed by atoms with E-state index < -0.39 is 40.5 Å². The Balaban J connectivity index is 1.45. The summed E-state index contributed by atoms with van der Waals surface area (Å²) in [6.07, 6.45) is 2.19. The lowest BCUT2D eigenvalue weighted by molar-refractivity contribution is -0.176. The number of rotatable bonds is 9. The van der Waals surface area contributed by atoms with E-state index in [1.165, 1.54) is 26.8 Å². The minimum atomic E-state index is -1.05. The first kappa shape index (κ1) is 28.5. The Kier molecular flexibility index (Phi) is 9.17. The minimum Gasteiger partial charge on any atom is -0.481 e. The molecule has 14 heteroatoms. The average molecular weight is 576 g/mol. The molecule has 208 valence electrons. The monoisotopic (exact) mass is 575 g/mol. The maximum atomic E-state index is 13.6. The quantitative estimate of drug-likeness (QED) is 0.319. The third kappa shape index (κ3) is 6.92. The summed E-state index contributed by atoms with van der Waals surface area (Å²) in [6, 6.07) is 6.44. The standard InChI is InChI=1S/C25H29N5O7S2/c31-16(8-11-21(33)34)13-17-14-28(25(38)39-17)27-23(36)19-7-4-12-29-20(32)10-9-18(24(37)30(19)29)26-22(35)15-5-2-1-3-6-15/h1-3,5-6,14,18-19,25,38H,4,7-13H2,(H,26,35)(H,27,36)(H,33,34)/t18-,19-,25?/m0/s1. The third-order valence-electron chi connectivity index (χ3n) is 6.51. The van der Waals surface area contributed by atoms with Gasteiger partial charge in [0.15, 0.2) is 0 Å². The minimum absolute atomic E-state index is 0.0144. The van der Waals surface area contributed by atoms with Gasteiger partial charge >= 0.3 is 5.97 Å². The van der Waals surface area contributed by atoms with Gasteiger partial charge in [-0.3, -0.25) is 44.2 Å². The highest BCUT2D eigenvalue weighted by molar-refractivity contribution is 8.13. The number of hydrazine groups is 2. The molecular formula is C25H29N5O7S2. The number of hydrogen-bond acceptors (Lipinski definition) is 9. The molecule has 3 aliphatic rings. The maximum Gasteiger partial charge on any atom is 0.303 e. The van der Waals surface area contributed by atoms with E-state index in [1.807, 2.05) is 0 Å². The Labute approximate surface area is 234 Å². The molecule has 1 aromatic carbocycles. The van der Waals surface area contributed by atoms with Crippen molar-refractivity contribution in [3.8, 4) is 0 Å². The van der Waals surface area contributed by atoms with Crippen molar-refractivity contribution in [2.75, 3.05) is 6.54 Å². The first-order valence-corrected chi connectivity index (χ1v) is 13.9. The van der Waals surface area contributed by atoms with Crippen molar-refractivity contribution in [2.45, 2.75) is 61.7 Å². The van der Waals surface area contributed by atoms with Gasteiger partial charge in [0.2, 0.25) is 5.91 Å². The molecule has 0 radical (unpaired) electrons. The van der Waals surface area contributed by atoms with E-state index in [0.29, 0.717) is 23.3 Å². The van der Waals surface area contributed by atoms with Crippen LogP contribution in [0.1, 0.15) is 55.3 Å². The van der Waals surface area contributed by atoms with Gasteiger partial charge in [0.25, 0.3) is 17.7 Å². The molecule has 12 nitrogen and oxygen atoms in total. The number of thioether (sulfide) groups is 1. The second-order valence-corrected chi connectivity index (χ2v) is 11.4. The van der Waals surface area contributed by atoms with Crippen LogP contribution in [0.25, 0.3) is 0 Å². The van der Waals surface area contributed by atoms with Crippen LogP contribution in [0.2, 0.25) is 0 Å². The predicted octanol–water partition coefficient (Wildman–Crippen LogP) is 1.27. The van der Waals surface area contributed by atoms with Crippen LogP contribution >= 0.6 is 24.4 Å². The average Bonchev–Trinajstić information content (AvgIpc) is 3.20. The Bertz CT molecular complexity index is 1190. The van der Waals surface area contributed by atoms with Gasteiger partial charge in [-0.25, -0.2) is 5.01 Å². The summed E-state index contributed by atoms with van der Waals surface area (Å²) in [5.74, 6) is -3.13. The summed E-state index contributed by atoms with van der Waals surface area (Å²) in [5.41, 5.74) is 3.09. The smallest absolute Gasteiger partial charge is 0.303 e. The normalized spacial score (nSPS) is 23.1. The van der Waals surface area contributed by atoms with Crippen molar-refractivity contribution < 1.29 is 33.9 Å². The summed E-state index contributed by atoms with van der Waals surface area (Å²) in [7, 11) is 0. The van der Waals surface area contributed by atoms with Crippen LogP contribution in [0.4, 0.5) is 0 Å². The number of aliphatic carboxylic acids is 1. The molecule has 0 saturated carbocycles. The fourth-order valence-corrected chi connectivity index (χ4v) is 6.03. The highest BCUT2D eigenvalue weighted by Crippen LogP contribution is 2.36. The van der Waals surface area contributed by atoms with Crippen molar-refractivity contribution in [1.29, 1.82) is 0 Å². The number of benzene rings is 1. The summed E-state index contributed by atoms with van der Waals surface area (Å²) in [5, 5.41) is 15.4. The highest BCUT2D eigenvalue weighted by Gasteiger charge is 2.45. The number of amides is 4. The van der Waals surface area contributed by atoms with E-state index >= 15 is 0 Å². The number of thiol groups is 1. The molecule has 4 amide bonds. The Morgan fingerprint density at radius 1 is 1.08 bits per heavy atom. The number of carbonyl (C=O) groups excluding carboxylic acids is 5. The van der Waals surface area contributed by atoms with Gasteiger partial charge in [-0.1, -0.05) is 30.0 Å². The molecule has 39 heavy (non-hydrogen) atoms. The zero-order valence-corrected chi connectivity index (χ0v) is 22.7. The molecule has 0 spiro atoms. The Morgan fingerprint density at radius 2 is 1.82 bits per heavy atom. The molecule has 0 aromatic heterocycles. The molecule has 3 atom stereocenters. The van der Waals surface area contributed by atoms with E-state index in [4.69, 9.17) is 5.11 Å². The molecule has 2 fully saturated rings. The molecule has 4 rings (SSSR count). The van der Waals surface area contributed by atoms with Crippen LogP contribution in [0.15, 0.2) is 41.4 Å². The number of hydrogen-bond donors (Lipinski definition) is 4. The number of carboxylic acids is 1. The number of allylic oxidation sites excluding steroid dienone is 1. The lowest BCUT2D eigenvalue weighted by atomic mass is 10.1. The predicted molar refractivity (Wildman–Crippen MR) is 143 cm³/mol. The lowest BCUT2D eigenvalue weighted by Gasteiger charge is -2.43. The van der Waals surface area contributed by atoms with Crippen molar-refractivity contribution in [3.05, 3.63) is 47.0 Å². The van der Waals surface area contributed by atoms with E-state index in [1.54, 1.807) is 36.5 Å². The molecule has 0 aliphatic carbocycles. The number of carbonyl (C=O) groups is 6. The van der Waals surface area contributed by atoms with Crippen molar-refractivity contribution in [3.63, 3.8) is 0 Å². The Hall–Kier alpha value is -3.52. The van der Waals surface area contributed by atoms with Crippen LogP contribution in [0, 0.1) is 0 Å². The zero-order chi connectivity index (χ0) is 28.1. The van der Waals surface area contributed by atoms with Gasteiger partial charge in [-0.2, -0.15) is 0 Å². The van der Waals surface area contributed by atoms with Crippen LogP contribution < -0.4 is 10.7 Å². The number of fused-ring (bicyclic) bond motifs is 1. The van der Waals surface area contributed by atoms with Gasteiger partial charge in [0.1, 0.15) is 22.6 Å². The van der Waals surface area contributed by atoms with Crippen LogP contribution in [-0.4, -0.2) is 78.8 Å². The molecule has 0 bridgehead atoms. The van der Waals surface area contributed by atoms with Crippen molar-refractivity contribution in [1.82, 2.24) is 25.8 Å².